The van der Waals surface area contributed by atoms with Crippen LogP contribution in [0.4, 0.5) is 0 Å². The van der Waals surface area contributed by atoms with Crippen LogP contribution >= 0.6 is 24.8 Å². The summed E-state index contributed by atoms with van der Waals surface area (Å²) >= 11 is 9.38. The maximum absolute atomic E-state index is 5.09. The number of hydrogen-bond acceptors (Lipinski definition) is 2. The molecule has 0 amide bonds. The Morgan fingerprint density at radius 3 is 1.87 bits per heavy atom. The first-order valence-corrected chi connectivity index (χ1v) is 7.09. The second-order valence-corrected chi connectivity index (χ2v) is 5.24. The van der Waals surface area contributed by atoms with Crippen LogP contribution in [0.25, 0.3) is 0 Å². The fraction of sp³-hybridized carbons (Fsp3) is 0.769. The molecule has 1 aromatic carbocycles. The van der Waals surface area contributed by atoms with Crippen LogP contribution < -0.4 is 0 Å². The molecule has 0 unspecified atom stereocenters. The van der Waals surface area contributed by atoms with E-state index in [1.807, 2.05) is 0 Å². The SMILES string of the molecule is CCCCCCCCCCc1c(S)c1=S. The molecule has 0 aliphatic rings. The minimum absolute atomic E-state index is 1.04. The van der Waals surface area contributed by atoms with E-state index in [0.29, 0.717) is 0 Å². The summed E-state index contributed by atoms with van der Waals surface area (Å²) in [7, 11) is 0. The van der Waals surface area contributed by atoms with Crippen LogP contribution in [0.3, 0.4) is 0 Å². The first-order valence-electron chi connectivity index (χ1n) is 6.24. The molecule has 0 atom stereocenters. The monoisotopic (exact) mass is 242 g/mol. The zero-order chi connectivity index (χ0) is 11.1. The van der Waals surface area contributed by atoms with E-state index in [4.69, 9.17) is 12.2 Å². The summed E-state index contributed by atoms with van der Waals surface area (Å²) in [5.74, 6) is 0. The summed E-state index contributed by atoms with van der Waals surface area (Å²) in [6, 6.07) is 0. The zero-order valence-corrected chi connectivity index (χ0v) is 11.4. The summed E-state index contributed by atoms with van der Waals surface area (Å²) in [6.45, 7) is 2.27. The molecule has 86 valence electrons. The van der Waals surface area contributed by atoms with Gasteiger partial charge in [-0.05, 0) is 18.4 Å². The first-order chi connectivity index (χ1) is 7.27. The number of thiol groups is 1. The van der Waals surface area contributed by atoms with E-state index in [-0.39, 0.29) is 0 Å². The Kier molecular flexibility index (Phi) is 6.58. The Balaban J connectivity index is 1.82. The third-order valence-corrected chi connectivity index (χ3v) is 4.09. The highest BCUT2D eigenvalue weighted by atomic mass is 32.1. The maximum Gasteiger partial charge on any atom is 0.0557 e. The Morgan fingerprint density at radius 2 is 1.40 bits per heavy atom. The van der Waals surface area contributed by atoms with Gasteiger partial charge in [-0.2, -0.15) is 0 Å². The molecule has 0 saturated heterocycles. The lowest BCUT2D eigenvalue weighted by Crippen LogP contribution is -1.82. The summed E-state index contributed by atoms with van der Waals surface area (Å²) in [5.41, 5.74) is 1.36. The second-order valence-electron chi connectivity index (χ2n) is 4.38. The zero-order valence-electron chi connectivity index (χ0n) is 9.72. The van der Waals surface area contributed by atoms with Gasteiger partial charge >= 0.3 is 0 Å². The molecule has 0 aliphatic heterocycles. The van der Waals surface area contributed by atoms with Gasteiger partial charge < -0.3 is 0 Å². The van der Waals surface area contributed by atoms with Crippen LogP contribution in [-0.2, 0) is 6.42 Å². The van der Waals surface area contributed by atoms with E-state index in [1.54, 1.807) is 0 Å². The molecule has 0 aliphatic carbocycles. The minimum Gasteiger partial charge on any atom is -0.142 e. The maximum atomic E-state index is 5.09. The second kappa shape index (κ2) is 7.45. The highest BCUT2D eigenvalue weighted by Crippen LogP contribution is 2.29. The molecule has 0 fully saturated rings. The van der Waals surface area contributed by atoms with Crippen LogP contribution in [-0.4, -0.2) is 0 Å². The van der Waals surface area contributed by atoms with Crippen molar-refractivity contribution in [2.45, 2.75) is 69.6 Å². The van der Waals surface area contributed by atoms with Crippen molar-refractivity contribution in [1.29, 1.82) is 0 Å². The Labute approximate surface area is 105 Å². The number of rotatable bonds is 9. The van der Waals surface area contributed by atoms with Crippen molar-refractivity contribution in [3.05, 3.63) is 10.1 Å². The molecule has 2 heteroatoms. The number of hydrogen-bond donors (Lipinski definition) is 1. The van der Waals surface area contributed by atoms with E-state index < -0.39 is 0 Å². The molecule has 0 spiro atoms. The average Bonchev–Trinajstić information content (AvgIpc) is 2.80. The normalized spacial score (nSPS) is 11.3. The van der Waals surface area contributed by atoms with Crippen LogP contribution in [0.2, 0.25) is 0 Å². The first kappa shape index (κ1) is 13.2. The van der Waals surface area contributed by atoms with E-state index in [1.165, 1.54) is 63.4 Å². The van der Waals surface area contributed by atoms with E-state index in [2.05, 4.69) is 19.6 Å². The fourth-order valence-corrected chi connectivity index (χ4v) is 2.52. The van der Waals surface area contributed by atoms with Gasteiger partial charge in [-0.3, -0.25) is 0 Å². The molecule has 0 N–H and O–H groups in total. The summed E-state index contributed by atoms with van der Waals surface area (Å²) in [5, 5.41) is 0. The Bertz CT molecular complexity index is 282. The van der Waals surface area contributed by atoms with Crippen LogP contribution in [0, 0.1) is 4.51 Å². The van der Waals surface area contributed by atoms with Crippen molar-refractivity contribution < 1.29 is 0 Å². The van der Waals surface area contributed by atoms with Crippen molar-refractivity contribution in [2.24, 2.45) is 0 Å². The van der Waals surface area contributed by atoms with Gasteiger partial charge in [-0.15, -0.1) is 12.6 Å². The molecule has 1 aromatic rings. The van der Waals surface area contributed by atoms with Gasteiger partial charge in [-0.25, -0.2) is 0 Å². The van der Waals surface area contributed by atoms with Gasteiger partial charge in [0.25, 0.3) is 0 Å². The topological polar surface area (TPSA) is 0 Å². The van der Waals surface area contributed by atoms with Crippen molar-refractivity contribution in [2.75, 3.05) is 0 Å². The van der Waals surface area contributed by atoms with Gasteiger partial charge in [0.05, 0.1) is 4.51 Å². The molecule has 15 heavy (non-hydrogen) atoms. The lowest BCUT2D eigenvalue weighted by molar-refractivity contribution is 0.576. The van der Waals surface area contributed by atoms with E-state index in [0.717, 1.165) is 9.41 Å². The van der Waals surface area contributed by atoms with Gasteiger partial charge in [0, 0.05) is 4.90 Å². The highest BCUT2D eigenvalue weighted by Gasteiger charge is 2.12. The molecule has 1 rings (SSSR count). The molecular weight excluding hydrogens is 220 g/mol. The quantitative estimate of drug-likeness (QED) is 0.350. The van der Waals surface area contributed by atoms with Crippen LogP contribution in [0.1, 0.15) is 63.9 Å². The lowest BCUT2D eigenvalue weighted by atomic mass is 10.1. The van der Waals surface area contributed by atoms with Crippen LogP contribution in [0.5, 0.6) is 0 Å². The molecular formula is C13H22S2. The molecule has 0 aromatic heterocycles. The molecule has 0 bridgehead atoms. The Hall–Kier alpha value is 0.180. The van der Waals surface area contributed by atoms with Crippen molar-refractivity contribution >= 4 is 24.8 Å². The molecule has 0 heterocycles. The van der Waals surface area contributed by atoms with Gasteiger partial charge in [0.15, 0.2) is 0 Å². The lowest BCUT2D eigenvalue weighted by Gasteiger charge is -1.99. The largest absolute Gasteiger partial charge is 0.142 e. The van der Waals surface area contributed by atoms with Gasteiger partial charge in [-0.1, -0.05) is 64.1 Å². The standard InChI is InChI=1S/C13H22S2/c1-2-3-4-5-6-7-8-9-10-11-12(14)13(11)15/h14H,2-10H2,1H3. The summed E-state index contributed by atoms with van der Waals surface area (Å²) in [6.07, 6.45) is 12.2. The smallest absolute Gasteiger partial charge is 0.0557 e. The average molecular weight is 242 g/mol. The summed E-state index contributed by atoms with van der Waals surface area (Å²) in [4.78, 5) is 1.10. The predicted molar refractivity (Wildman–Crippen MR) is 73.2 cm³/mol. The highest BCUT2D eigenvalue weighted by molar-refractivity contribution is 7.81. The predicted octanol–water partition coefficient (Wildman–Crippen LogP) is 5.26. The minimum atomic E-state index is 1.04. The fourth-order valence-electron chi connectivity index (χ4n) is 1.86. The van der Waals surface area contributed by atoms with Crippen molar-refractivity contribution in [3.63, 3.8) is 0 Å². The van der Waals surface area contributed by atoms with Gasteiger partial charge in [0.2, 0.25) is 0 Å². The van der Waals surface area contributed by atoms with Crippen molar-refractivity contribution in [1.82, 2.24) is 0 Å². The Morgan fingerprint density at radius 1 is 0.933 bits per heavy atom. The van der Waals surface area contributed by atoms with E-state index in [9.17, 15) is 0 Å². The van der Waals surface area contributed by atoms with Crippen LogP contribution in [0.15, 0.2) is 4.90 Å². The van der Waals surface area contributed by atoms with E-state index >= 15 is 0 Å². The van der Waals surface area contributed by atoms with Gasteiger partial charge in [0.1, 0.15) is 0 Å². The molecule has 0 saturated carbocycles. The number of unbranched alkanes of at least 4 members (excludes halogenated alkanes) is 7. The third-order valence-electron chi connectivity index (χ3n) is 2.99. The molecule has 0 radical (unpaired) electrons. The summed E-state index contributed by atoms with van der Waals surface area (Å²) < 4.78 is 1.04. The van der Waals surface area contributed by atoms with Crippen molar-refractivity contribution in [3.8, 4) is 0 Å². The third kappa shape index (κ3) is 5.17. The molecule has 0 nitrogen and oxygen atoms in total.